The highest BCUT2D eigenvalue weighted by Crippen LogP contribution is 2.34. The first-order valence-electron chi connectivity index (χ1n) is 9.97. The second-order valence-corrected chi connectivity index (χ2v) is 8.25. The van der Waals surface area contributed by atoms with E-state index in [0.717, 1.165) is 21.9 Å². The third kappa shape index (κ3) is 4.55. The largest absolute Gasteiger partial charge is 0.323 e. The quantitative estimate of drug-likeness (QED) is 0.327. The van der Waals surface area contributed by atoms with E-state index in [1.807, 2.05) is 67.6 Å². The maximum Gasteiger partial charge on any atom is 0.323 e. The van der Waals surface area contributed by atoms with Crippen molar-refractivity contribution in [1.29, 1.82) is 5.26 Å². The number of nitriles is 1. The van der Waals surface area contributed by atoms with Gasteiger partial charge in [0.1, 0.15) is 0 Å². The molecule has 4 aromatic rings. The van der Waals surface area contributed by atoms with Crippen molar-refractivity contribution in [3.05, 3.63) is 106 Å². The average molecular weight is 460 g/mol. The Kier molecular flexibility index (Phi) is 6.32. The molecule has 4 aromatic carbocycles. The number of nitrogens with one attached hydrogen (secondary N) is 2. The van der Waals surface area contributed by atoms with Crippen molar-refractivity contribution in [3.8, 4) is 6.07 Å². The minimum atomic E-state index is -0.544. The molecule has 2 N–H and O–H groups in total. The molecular formula is C26H19Cl2N3O. The number of anilines is 2. The molecule has 0 unspecified atom stereocenters. The lowest BCUT2D eigenvalue weighted by molar-refractivity contribution is 0.262. The van der Waals surface area contributed by atoms with Gasteiger partial charge in [0.05, 0.1) is 17.7 Å². The summed E-state index contributed by atoms with van der Waals surface area (Å²) in [6, 6.07) is 26.1. The van der Waals surface area contributed by atoms with E-state index in [9.17, 15) is 10.1 Å². The van der Waals surface area contributed by atoms with Crippen molar-refractivity contribution in [2.45, 2.75) is 12.8 Å². The Balaban J connectivity index is 1.57. The predicted octanol–water partition coefficient (Wildman–Crippen LogP) is 7.75. The van der Waals surface area contributed by atoms with E-state index in [-0.39, 0.29) is 6.03 Å². The highest BCUT2D eigenvalue weighted by atomic mass is 35.5. The third-order valence-electron chi connectivity index (χ3n) is 5.27. The maximum absolute atomic E-state index is 12.7. The molecule has 158 valence electrons. The molecule has 4 rings (SSSR count). The van der Waals surface area contributed by atoms with Crippen LogP contribution in [-0.2, 0) is 0 Å². The molecule has 0 aliphatic heterocycles. The van der Waals surface area contributed by atoms with Crippen LogP contribution in [-0.4, -0.2) is 6.03 Å². The van der Waals surface area contributed by atoms with Crippen molar-refractivity contribution in [3.63, 3.8) is 0 Å². The zero-order valence-electron chi connectivity index (χ0n) is 17.2. The van der Waals surface area contributed by atoms with Gasteiger partial charge in [0.2, 0.25) is 0 Å². The van der Waals surface area contributed by atoms with E-state index >= 15 is 0 Å². The number of nitrogens with zero attached hydrogens (tertiary/aromatic N) is 1. The fourth-order valence-corrected chi connectivity index (χ4v) is 4.05. The van der Waals surface area contributed by atoms with Gasteiger partial charge in [-0.2, -0.15) is 5.26 Å². The van der Waals surface area contributed by atoms with Crippen LogP contribution in [0.4, 0.5) is 16.2 Å². The third-order valence-corrected chi connectivity index (χ3v) is 5.85. The van der Waals surface area contributed by atoms with E-state index in [1.54, 1.807) is 18.2 Å². The molecule has 4 nitrogen and oxygen atoms in total. The molecular weight excluding hydrogens is 441 g/mol. The van der Waals surface area contributed by atoms with Gasteiger partial charge in [0.15, 0.2) is 0 Å². The Labute approximate surface area is 196 Å². The van der Waals surface area contributed by atoms with Crippen LogP contribution in [0.5, 0.6) is 0 Å². The van der Waals surface area contributed by atoms with Crippen LogP contribution >= 0.6 is 23.2 Å². The Morgan fingerprint density at radius 3 is 2.34 bits per heavy atom. The lowest BCUT2D eigenvalue weighted by atomic mass is 9.91. The number of urea groups is 1. The van der Waals surface area contributed by atoms with Gasteiger partial charge >= 0.3 is 6.03 Å². The molecule has 0 saturated carbocycles. The smallest absolute Gasteiger partial charge is 0.307 e. The molecule has 0 heterocycles. The highest BCUT2D eigenvalue weighted by Gasteiger charge is 2.19. The van der Waals surface area contributed by atoms with Crippen LogP contribution in [0.15, 0.2) is 78.9 Å². The van der Waals surface area contributed by atoms with Gasteiger partial charge in [0.25, 0.3) is 0 Å². The number of carbonyl (C=O) groups is 1. The Morgan fingerprint density at radius 2 is 1.59 bits per heavy atom. The molecule has 32 heavy (non-hydrogen) atoms. The Morgan fingerprint density at radius 1 is 0.906 bits per heavy atom. The molecule has 0 radical (unpaired) electrons. The highest BCUT2D eigenvalue weighted by molar-refractivity contribution is 6.32. The van der Waals surface area contributed by atoms with Crippen LogP contribution in [0, 0.1) is 18.3 Å². The van der Waals surface area contributed by atoms with E-state index in [2.05, 4.69) is 16.7 Å². The summed E-state index contributed by atoms with van der Waals surface area (Å²) in [6.45, 7) is 1.86. The number of hydrogen-bond donors (Lipinski definition) is 2. The molecule has 1 atom stereocenters. The minimum absolute atomic E-state index is 0.372. The summed E-state index contributed by atoms with van der Waals surface area (Å²) in [6.07, 6.45) is 0. The standard InChI is InChI=1S/C26H19Cl2N3O/c1-16-13-21(22(15-29)18-9-11-19(27)12-10-18)23(28)14-25(16)31-26(32)30-24-8-4-6-17-5-2-3-7-20(17)24/h2-14,22H,1H3,(H2,30,31,32)/t22-/m1/s1. The number of rotatable bonds is 4. The summed E-state index contributed by atoms with van der Waals surface area (Å²) in [5, 5.41) is 18.5. The fourth-order valence-electron chi connectivity index (χ4n) is 3.65. The maximum atomic E-state index is 12.7. The lowest BCUT2D eigenvalue weighted by Crippen LogP contribution is -2.20. The van der Waals surface area contributed by atoms with E-state index in [0.29, 0.717) is 27.0 Å². The van der Waals surface area contributed by atoms with Gasteiger partial charge in [0, 0.05) is 21.1 Å². The number of fused-ring (bicyclic) bond motifs is 1. The number of hydrogen-bond acceptors (Lipinski definition) is 2. The van der Waals surface area contributed by atoms with Crippen molar-refractivity contribution in [2.75, 3.05) is 10.6 Å². The molecule has 0 bridgehead atoms. The molecule has 2 amide bonds. The normalized spacial score (nSPS) is 11.6. The molecule has 0 aliphatic carbocycles. The molecule has 0 aliphatic rings. The monoisotopic (exact) mass is 459 g/mol. The number of halogens is 2. The molecule has 6 heteroatoms. The minimum Gasteiger partial charge on any atom is -0.307 e. The zero-order chi connectivity index (χ0) is 22.7. The summed E-state index contributed by atoms with van der Waals surface area (Å²) in [5.74, 6) is -0.544. The van der Waals surface area contributed by atoms with Crippen molar-refractivity contribution in [2.24, 2.45) is 0 Å². The van der Waals surface area contributed by atoms with Gasteiger partial charge < -0.3 is 10.6 Å². The first-order valence-corrected chi connectivity index (χ1v) is 10.7. The van der Waals surface area contributed by atoms with E-state index in [4.69, 9.17) is 23.2 Å². The SMILES string of the molecule is Cc1cc([C@H](C#N)c2ccc(Cl)cc2)c(Cl)cc1NC(=O)Nc1cccc2ccccc12. The van der Waals surface area contributed by atoms with Gasteiger partial charge in [-0.15, -0.1) is 0 Å². The lowest BCUT2D eigenvalue weighted by Gasteiger charge is -2.17. The van der Waals surface area contributed by atoms with Crippen LogP contribution in [0.25, 0.3) is 10.8 Å². The van der Waals surface area contributed by atoms with Crippen molar-refractivity contribution < 1.29 is 4.79 Å². The first kappa shape index (κ1) is 21.7. The number of amides is 2. The average Bonchev–Trinajstić information content (AvgIpc) is 2.79. The molecule has 0 spiro atoms. The Bertz CT molecular complexity index is 1340. The number of carbonyl (C=O) groups excluding carboxylic acids is 1. The van der Waals surface area contributed by atoms with Crippen LogP contribution in [0.1, 0.15) is 22.6 Å². The second kappa shape index (κ2) is 9.32. The summed E-state index contributed by atoms with van der Waals surface area (Å²) in [5.41, 5.74) is 3.56. The van der Waals surface area contributed by atoms with Gasteiger partial charge in [-0.1, -0.05) is 77.8 Å². The van der Waals surface area contributed by atoms with Crippen LogP contribution < -0.4 is 10.6 Å². The summed E-state index contributed by atoms with van der Waals surface area (Å²) in [4.78, 5) is 12.7. The van der Waals surface area contributed by atoms with Crippen LogP contribution in [0.3, 0.4) is 0 Å². The van der Waals surface area contributed by atoms with Crippen LogP contribution in [0.2, 0.25) is 10.0 Å². The first-order chi connectivity index (χ1) is 15.5. The molecule has 0 aromatic heterocycles. The second-order valence-electron chi connectivity index (χ2n) is 7.41. The molecule has 0 saturated heterocycles. The predicted molar refractivity (Wildman–Crippen MR) is 132 cm³/mol. The van der Waals surface area contributed by atoms with Gasteiger partial charge in [-0.25, -0.2) is 4.79 Å². The number of benzene rings is 4. The summed E-state index contributed by atoms with van der Waals surface area (Å²) in [7, 11) is 0. The van der Waals surface area contributed by atoms with Crippen molar-refractivity contribution >= 4 is 51.4 Å². The van der Waals surface area contributed by atoms with Crippen molar-refractivity contribution in [1.82, 2.24) is 0 Å². The topological polar surface area (TPSA) is 64.9 Å². The summed E-state index contributed by atoms with van der Waals surface area (Å²) < 4.78 is 0. The Hall–Kier alpha value is -3.52. The zero-order valence-corrected chi connectivity index (χ0v) is 18.7. The summed E-state index contributed by atoms with van der Waals surface area (Å²) >= 11 is 12.5. The van der Waals surface area contributed by atoms with E-state index in [1.165, 1.54) is 0 Å². The number of aryl methyl sites for hydroxylation is 1. The molecule has 0 fully saturated rings. The van der Waals surface area contributed by atoms with Gasteiger partial charge in [-0.05, 0) is 53.3 Å². The van der Waals surface area contributed by atoms with E-state index < -0.39 is 5.92 Å². The van der Waals surface area contributed by atoms with Gasteiger partial charge in [-0.3, -0.25) is 0 Å². The fraction of sp³-hybridized carbons (Fsp3) is 0.0769.